The highest BCUT2D eigenvalue weighted by atomic mass is 79.9. The summed E-state index contributed by atoms with van der Waals surface area (Å²) in [6.07, 6.45) is -4.36. The Balaban J connectivity index is 1.79. The molecule has 0 bridgehead atoms. The molecule has 2 rings (SSSR count). The van der Waals surface area contributed by atoms with Crippen LogP contribution in [0.1, 0.15) is 11.1 Å². The maximum atomic E-state index is 12.4. The maximum absolute atomic E-state index is 12.4. The Morgan fingerprint density at radius 2 is 1.65 bits per heavy atom. The van der Waals surface area contributed by atoms with Crippen molar-refractivity contribution in [3.05, 3.63) is 64.1 Å². The van der Waals surface area contributed by atoms with Gasteiger partial charge in [0.2, 0.25) is 0 Å². The van der Waals surface area contributed by atoms with Crippen LogP contribution in [-0.4, -0.2) is 12.5 Å². The number of benzene rings is 2. The van der Waals surface area contributed by atoms with Gasteiger partial charge in [0.1, 0.15) is 5.75 Å². The van der Waals surface area contributed by atoms with Gasteiger partial charge in [0.15, 0.2) is 6.61 Å². The van der Waals surface area contributed by atoms with E-state index in [1.807, 2.05) is 0 Å². The topological polar surface area (TPSA) is 38.3 Å². The van der Waals surface area contributed by atoms with Crippen molar-refractivity contribution in [3.8, 4) is 5.75 Å². The van der Waals surface area contributed by atoms with Crippen LogP contribution in [0.4, 0.5) is 13.2 Å². The van der Waals surface area contributed by atoms with E-state index in [2.05, 4.69) is 21.2 Å². The third kappa shape index (κ3) is 5.59. The molecule has 3 nitrogen and oxygen atoms in total. The molecule has 2 aromatic rings. The predicted octanol–water partition coefficient (Wildman–Crippen LogP) is 4.16. The van der Waals surface area contributed by atoms with Crippen molar-refractivity contribution in [1.82, 2.24) is 5.32 Å². The second-order valence-electron chi connectivity index (χ2n) is 4.71. The Labute approximate surface area is 139 Å². The quantitative estimate of drug-likeness (QED) is 0.836. The monoisotopic (exact) mass is 387 g/mol. The number of halogens is 4. The van der Waals surface area contributed by atoms with E-state index in [9.17, 15) is 18.0 Å². The molecule has 23 heavy (non-hydrogen) atoms. The fourth-order valence-corrected chi connectivity index (χ4v) is 2.01. The average molecular weight is 388 g/mol. The fourth-order valence-electron chi connectivity index (χ4n) is 1.74. The molecule has 7 heteroatoms. The Kier molecular flexibility index (Phi) is 5.65. The van der Waals surface area contributed by atoms with Gasteiger partial charge >= 0.3 is 6.18 Å². The van der Waals surface area contributed by atoms with E-state index in [1.165, 1.54) is 12.1 Å². The van der Waals surface area contributed by atoms with Crippen molar-refractivity contribution in [1.29, 1.82) is 0 Å². The van der Waals surface area contributed by atoms with Gasteiger partial charge in [-0.25, -0.2) is 0 Å². The molecular weight excluding hydrogens is 375 g/mol. The van der Waals surface area contributed by atoms with E-state index in [-0.39, 0.29) is 19.1 Å². The highest BCUT2D eigenvalue weighted by molar-refractivity contribution is 9.10. The first-order valence-electron chi connectivity index (χ1n) is 6.66. The molecule has 0 unspecified atom stereocenters. The summed E-state index contributed by atoms with van der Waals surface area (Å²) in [5, 5.41) is 2.58. The van der Waals surface area contributed by atoms with Crippen molar-refractivity contribution < 1.29 is 22.7 Å². The standard InChI is InChI=1S/C16H13BrF3NO2/c17-13-5-7-14(8-6-13)23-10-15(22)21-9-11-1-3-12(4-2-11)16(18,19)20/h1-8H,9-10H2,(H,21,22). The molecular formula is C16H13BrF3NO2. The van der Waals surface area contributed by atoms with Crippen LogP contribution in [0.5, 0.6) is 5.75 Å². The van der Waals surface area contributed by atoms with E-state index in [4.69, 9.17) is 4.74 Å². The van der Waals surface area contributed by atoms with E-state index in [0.717, 1.165) is 16.6 Å². The van der Waals surface area contributed by atoms with Gasteiger partial charge in [-0.15, -0.1) is 0 Å². The third-order valence-electron chi connectivity index (χ3n) is 2.95. The lowest BCUT2D eigenvalue weighted by Crippen LogP contribution is -2.28. The average Bonchev–Trinajstić information content (AvgIpc) is 2.52. The lowest BCUT2D eigenvalue weighted by atomic mass is 10.1. The van der Waals surface area contributed by atoms with Crippen molar-refractivity contribution in [2.24, 2.45) is 0 Å². The molecule has 1 N–H and O–H groups in total. The van der Waals surface area contributed by atoms with Gasteiger partial charge in [0.05, 0.1) is 5.56 Å². The first-order chi connectivity index (χ1) is 10.8. The smallest absolute Gasteiger partial charge is 0.416 e. The molecule has 0 radical (unpaired) electrons. The number of ether oxygens (including phenoxy) is 1. The van der Waals surface area contributed by atoms with Crippen LogP contribution < -0.4 is 10.1 Å². The zero-order chi connectivity index (χ0) is 16.9. The molecule has 0 fully saturated rings. The normalized spacial score (nSPS) is 11.1. The molecule has 0 aliphatic heterocycles. The number of hydrogen-bond acceptors (Lipinski definition) is 2. The molecule has 0 heterocycles. The third-order valence-corrected chi connectivity index (χ3v) is 3.48. The number of hydrogen-bond donors (Lipinski definition) is 1. The number of carbonyl (C=O) groups excluding carboxylic acids is 1. The van der Waals surface area contributed by atoms with Gasteiger partial charge in [-0.05, 0) is 42.0 Å². The molecule has 0 saturated heterocycles. The molecule has 2 aromatic carbocycles. The highest BCUT2D eigenvalue weighted by Gasteiger charge is 2.29. The summed E-state index contributed by atoms with van der Waals surface area (Å²) in [4.78, 5) is 11.7. The highest BCUT2D eigenvalue weighted by Crippen LogP contribution is 2.29. The Morgan fingerprint density at radius 1 is 1.04 bits per heavy atom. The van der Waals surface area contributed by atoms with Crippen molar-refractivity contribution >= 4 is 21.8 Å². The van der Waals surface area contributed by atoms with Crippen LogP contribution in [0.3, 0.4) is 0 Å². The van der Waals surface area contributed by atoms with Crippen LogP contribution in [-0.2, 0) is 17.5 Å². The summed E-state index contributed by atoms with van der Waals surface area (Å²) in [6, 6.07) is 11.6. The Morgan fingerprint density at radius 3 is 2.22 bits per heavy atom. The predicted molar refractivity (Wildman–Crippen MR) is 82.9 cm³/mol. The number of alkyl halides is 3. The fraction of sp³-hybridized carbons (Fsp3) is 0.188. The van der Waals surface area contributed by atoms with Gasteiger partial charge in [-0.1, -0.05) is 28.1 Å². The van der Waals surface area contributed by atoms with Crippen LogP contribution in [0.2, 0.25) is 0 Å². The van der Waals surface area contributed by atoms with Crippen LogP contribution in [0.15, 0.2) is 53.0 Å². The van der Waals surface area contributed by atoms with Crippen molar-refractivity contribution in [2.75, 3.05) is 6.61 Å². The van der Waals surface area contributed by atoms with E-state index >= 15 is 0 Å². The number of nitrogens with one attached hydrogen (secondary N) is 1. The lowest BCUT2D eigenvalue weighted by Gasteiger charge is -2.09. The first kappa shape index (κ1) is 17.3. The summed E-state index contributed by atoms with van der Waals surface area (Å²) in [5.74, 6) is 0.200. The molecule has 0 aliphatic carbocycles. The summed E-state index contributed by atoms with van der Waals surface area (Å²) in [7, 11) is 0. The van der Waals surface area contributed by atoms with E-state index < -0.39 is 11.7 Å². The van der Waals surface area contributed by atoms with Crippen molar-refractivity contribution in [2.45, 2.75) is 12.7 Å². The summed E-state index contributed by atoms with van der Waals surface area (Å²) in [6.45, 7) is -0.0249. The first-order valence-corrected chi connectivity index (χ1v) is 7.45. The molecule has 122 valence electrons. The largest absolute Gasteiger partial charge is 0.484 e. The minimum atomic E-state index is -4.36. The zero-order valence-electron chi connectivity index (χ0n) is 11.9. The number of rotatable bonds is 5. The zero-order valence-corrected chi connectivity index (χ0v) is 13.4. The molecule has 0 spiro atoms. The van der Waals surface area contributed by atoms with Gasteiger partial charge in [-0.2, -0.15) is 13.2 Å². The summed E-state index contributed by atoms with van der Waals surface area (Å²) in [5.41, 5.74) is -0.138. The van der Waals surface area contributed by atoms with Crippen LogP contribution in [0.25, 0.3) is 0 Å². The minimum absolute atomic E-state index is 0.140. The van der Waals surface area contributed by atoms with Crippen molar-refractivity contribution in [3.63, 3.8) is 0 Å². The molecule has 0 aliphatic rings. The second-order valence-corrected chi connectivity index (χ2v) is 5.63. The van der Waals surface area contributed by atoms with E-state index in [0.29, 0.717) is 11.3 Å². The Bertz CT molecular complexity index is 655. The molecule has 0 saturated carbocycles. The second kappa shape index (κ2) is 7.50. The Hall–Kier alpha value is -2.02. The maximum Gasteiger partial charge on any atom is 0.416 e. The summed E-state index contributed by atoms with van der Waals surface area (Å²) < 4.78 is 43.5. The van der Waals surface area contributed by atoms with E-state index in [1.54, 1.807) is 24.3 Å². The van der Waals surface area contributed by atoms with Gasteiger partial charge in [0.25, 0.3) is 5.91 Å². The number of carbonyl (C=O) groups is 1. The SMILES string of the molecule is O=C(COc1ccc(Br)cc1)NCc1ccc(C(F)(F)F)cc1. The number of amides is 1. The van der Waals surface area contributed by atoms with Gasteiger partial charge < -0.3 is 10.1 Å². The minimum Gasteiger partial charge on any atom is -0.484 e. The molecule has 0 aromatic heterocycles. The lowest BCUT2D eigenvalue weighted by molar-refractivity contribution is -0.137. The molecule has 1 amide bonds. The van der Waals surface area contributed by atoms with Crippen LogP contribution >= 0.6 is 15.9 Å². The summed E-state index contributed by atoms with van der Waals surface area (Å²) >= 11 is 3.29. The van der Waals surface area contributed by atoms with Crippen LogP contribution in [0, 0.1) is 0 Å². The van der Waals surface area contributed by atoms with Gasteiger partial charge in [0, 0.05) is 11.0 Å². The molecule has 0 atom stereocenters. The van der Waals surface area contributed by atoms with Gasteiger partial charge in [-0.3, -0.25) is 4.79 Å².